The topological polar surface area (TPSA) is 39.4 Å². The van der Waals surface area contributed by atoms with Gasteiger partial charge in [-0.25, -0.2) is 4.39 Å². The monoisotopic (exact) mass is 284 g/mol. The van der Waals surface area contributed by atoms with Crippen molar-refractivity contribution in [2.45, 2.75) is 6.92 Å². The summed E-state index contributed by atoms with van der Waals surface area (Å²) in [6.07, 6.45) is 0. The Kier molecular flexibility index (Phi) is 3.22. The predicted octanol–water partition coefficient (Wildman–Crippen LogP) is 4.12. The van der Waals surface area contributed by atoms with Crippen LogP contribution in [-0.4, -0.2) is 12.9 Å². The van der Waals surface area contributed by atoms with E-state index in [9.17, 15) is 9.18 Å². The van der Waals surface area contributed by atoms with Crippen LogP contribution in [0.25, 0.3) is 11.0 Å². The summed E-state index contributed by atoms with van der Waals surface area (Å²) in [5, 5.41) is 0.560. The summed E-state index contributed by atoms with van der Waals surface area (Å²) >= 11 is 0. The fourth-order valence-electron chi connectivity index (χ4n) is 2.26. The molecule has 0 atom stereocenters. The van der Waals surface area contributed by atoms with Gasteiger partial charge >= 0.3 is 0 Å². The summed E-state index contributed by atoms with van der Waals surface area (Å²) in [6, 6.07) is 11.4. The van der Waals surface area contributed by atoms with Crippen molar-refractivity contribution in [2.24, 2.45) is 0 Å². The minimum Gasteiger partial charge on any atom is -0.496 e. The van der Waals surface area contributed by atoms with Gasteiger partial charge in [0.1, 0.15) is 5.75 Å². The normalized spacial score (nSPS) is 10.8. The molecule has 3 nitrogen and oxygen atoms in total. The molecule has 0 saturated carbocycles. The van der Waals surface area contributed by atoms with E-state index in [-0.39, 0.29) is 17.1 Å². The quantitative estimate of drug-likeness (QED) is 0.679. The van der Waals surface area contributed by atoms with Crippen LogP contribution in [0.5, 0.6) is 5.75 Å². The Morgan fingerprint density at radius 1 is 1.19 bits per heavy atom. The summed E-state index contributed by atoms with van der Waals surface area (Å²) in [5.41, 5.74) is 1.47. The number of carbonyl (C=O) groups is 1. The maximum absolute atomic E-state index is 13.6. The van der Waals surface area contributed by atoms with Crippen LogP contribution in [-0.2, 0) is 0 Å². The Morgan fingerprint density at radius 3 is 2.71 bits per heavy atom. The maximum atomic E-state index is 13.6. The molecule has 0 bridgehead atoms. The molecular weight excluding hydrogens is 271 g/mol. The summed E-state index contributed by atoms with van der Waals surface area (Å²) in [4.78, 5) is 12.5. The zero-order chi connectivity index (χ0) is 15.0. The summed E-state index contributed by atoms with van der Waals surface area (Å²) in [6.45, 7) is 1.91. The van der Waals surface area contributed by atoms with Crippen molar-refractivity contribution < 1.29 is 18.3 Å². The first-order valence-electron chi connectivity index (χ1n) is 6.47. The second kappa shape index (κ2) is 5.05. The van der Waals surface area contributed by atoms with Gasteiger partial charge in [-0.05, 0) is 36.8 Å². The third-order valence-corrected chi connectivity index (χ3v) is 3.32. The zero-order valence-corrected chi connectivity index (χ0v) is 11.6. The minimum absolute atomic E-state index is 0.0897. The van der Waals surface area contributed by atoms with Crippen molar-refractivity contribution in [2.75, 3.05) is 7.11 Å². The molecule has 0 unspecified atom stereocenters. The van der Waals surface area contributed by atoms with E-state index in [1.54, 1.807) is 30.3 Å². The Bertz CT molecular complexity index is 833. The molecule has 0 amide bonds. The van der Waals surface area contributed by atoms with Crippen LogP contribution in [0.15, 0.2) is 46.9 Å². The van der Waals surface area contributed by atoms with Crippen molar-refractivity contribution in [1.82, 2.24) is 0 Å². The Balaban J connectivity index is 2.10. The third kappa shape index (κ3) is 2.29. The highest BCUT2D eigenvalue weighted by Crippen LogP contribution is 2.27. The van der Waals surface area contributed by atoms with Gasteiger partial charge in [0, 0.05) is 5.39 Å². The number of aryl methyl sites for hydroxylation is 1. The molecule has 0 saturated heterocycles. The number of benzene rings is 2. The van der Waals surface area contributed by atoms with Gasteiger partial charge < -0.3 is 9.15 Å². The lowest BCUT2D eigenvalue weighted by atomic mass is 10.1. The average molecular weight is 284 g/mol. The first kappa shape index (κ1) is 13.4. The molecule has 4 heteroatoms. The number of hydrogen-bond acceptors (Lipinski definition) is 3. The number of carbonyl (C=O) groups excluding carboxylic acids is 1. The van der Waals surface area contributed by atoms with Crippen LogP contribution >= 0.6 is 0 Å². The van der Waals surface area contributed by atoms with E-state index in [0.717, 1.165) is 5.56 Å². The number of ketones is 1. The summed E-state index contributed by atoms with van der Waals surface area (Å²) in [7, 11) is 1.50. The van der Waals surface area contributed by atoms with Gasteiger partial charge in [-0.15, -0.1) is 0 Å². The van der Waals surface area contributed by atoms with Gasteiger partial charge in [0.25, 0.3) is 0 Å². The van der Waals surface area contributed by atoms with Gasteiger partial charge in [-0.2, -0.15) is 0 Å². The summed E-state index contributed by atoms with van der Waals surface area (Å²) < 4.78 is 24.2. The van der Waals surface area contributed by atoms with Crippen molar-refractivity contribution in [3.05, 3.63) is 65.2 Å². The molecule has 3 aromatic rings. The standard InChI is InChI=1S/C17H13FO3/c1-10-6-7-12(14(8-10)20-2)16(19)15-9-11-4-3-5-13(18)17(11)21-15/h3-9H,1-2H3. The van der Waals surface area contributed by atoms with Crippen molar-refractivity contribution in [3.8, 4) is 5.75 Å². The number of rotatable bonds is 3. The molecule has 0 aliphatic carbocycles. The van der Waals surface area contributed by atoms with E-state index in [2.05, 4.69) is 0 Å². The predicted molar refractivity (Wildman–Crippen MR) is 77.3 cm³/mol. The van der Waals surface area contributed by atoms with E-state index in [1.807, 2.05) is 13.0 Å². The van der Waals surface area contributed by atoms with E-state index >= 15 is 0 Å². The van der Waals surface area contributed by atoms with Gasteiger partial charge in [0.05, 0.1) is 12.7 Å². The van der Waals surface area contributed by atoms with Crippen LogP contribution in [0, 0.1) is 12.7 Å². The van der Waals surface area contributed by atoms with Crippen LogP contribution in [0.3, 0.4) is 0 Å². The zero-order valence-electron chi connectivity index (χ0n) is 11.6. The van der Waals surface area contributed by atoms with Crippen molar-refractivity contribution in [3.63, 3.8) is 0 Å². The number of furan rings is 1. The van der Waals surface area contributed by atoms with E-state index in [0.29, 0.717) is 16.7 Å². The number of halogens is 1. The summed E-state index contributed by atoms with van der Waals surface area (Å²) in [5.74, 6) is -0.247. The molecule has 2 aromatic carbocycles. The lowest BCUT2D eigenvalue weighted by molar-refractivity contribution is 0.101. The Labute approximate surface area is 120 Å². The maximum Gasteiger partial charge on any atom is 0.231 e. The largest absolute Gasteiger partial charge is 0.496 e. The second-order valence-corrected chi connectivity index (χ2v) is 4.80. The average Bonchev–Trinajstić information content (AvgIpc) is 2.92. The molecule has 1 heterocycles. The molecule has 1 aromatic heterocycles. The fourth-order valence-corrected chi connectivity index (χ4v) is 2.26. The number of fused-ring (bicyclic) bond motifs is 1. The van der Waals surface area contributed by atoms with Crippen LogP contribution in [0.2, 0.25) is 0 Å². The Morgan fingerprint density at radius 2 is 2.00 bits per heavy atom. The second-order valence-electron chi connectivity index (χ2n) is 4.80. The number of methoxy groups -OCH3 is 1. The molecule has 21 heavy (non-hydrogen) atoms. The smallest absolute Gasteiger partial charge is 0.231 e. The number of para-hydroxylation sites is 1. The highest BCUT2D eigenvalue weighted by molar-refractivity contribution is 6.10. The van der Waals surface area contributed by atoms with Crippen LogP contribution < -0.4 is 4.74 Å². The van der Waals surface area contributed by atoms with Crippen molar-refractivity contribution in [1.29, 1.82) is 0 Å². The Hall–Kier alpha value is -2.62. The first-order chi connectivity index (χ1) is 10.1. The molecule has 3 rings (SSSR count). The van der Waals surface area contributed by atoms with E-state index in [4.69, 9.17) is 9.15 Å². The molecule has 0 aliphatic heterocycles. The molecule has 0 N–H and O–H groups in total. The molecule has 106 valence electrons. The lowest BCUT2D eigenvalue weighted by Gasteiger charge is -2.07. The fraction of sp³-hybridized carbons (Fsp3) is 0.118. The number of ether oxygens (including phenoxy) is 1. The SMILES string of the molecule is COc1cc(C)ccc1C(=O)c1cc2cccc(F)c2o1. The molecule has 0 fully saturated rings. The minimum atomic E-state index is -0.484. The molecular formula is C17H13FO3. The van der Waals surface area contributed by atoms with E-state index in [1.165, 1.54) is 13.2 Å². The molecule has 0 spiro atoms. The van der Waals surface area contributed by atoms with Crippen molar-refractivity contribution >= 4 is 16.8 Å². The highest BCUT2D eigenvalue weighted by atomic mass is 19.1. The van der Waals surface area contributed by atoms with Crippen LogP contribution in [0.4, 0.5) is 4.39 Å². The number of hydrogen-bond donors (Lipinski definition) is 0. The lowest BCUT2D eigenvalue weighted by Crippen LogP contribution is -2.03. The van der Waals surface area contributed by atoms with E-state index < -0.39 is 5.82 Å². The molecule has 0 aliphatic rings. The third-order valence-electron chi connectivity index (χ3n) is 3.32. The van der Waals surface area contributed by atoms with Gasteiger partial charge in [0.15, 0.2) is 17.2 Å². The van der Waals surface area contributed by atoms with Gasteiger partial charge in [-0.1, -0.05) is 18.2 Å². The first-order valence-corrected chi connectivity index (χ1v) is 6.47. The molecule has 0 radical (unpaired) electrons. The highest BCUT2D eigenvalue weighted by Gasteiger charge is 2.19. The van der Waals surface area contributed by atoms with Gasteiger partial charge in [-0.3, -0.25) is 4.79 Å². The van der Waals surface area contributed by atoms with Gasteiger partial charge in [0.2, 0.25) is 5.78 Å². The van der Waals surface area contributed by atoms with Crippen LogP contribution in [0.1, 0.15) is 21.7 Å².